The van der Waals surface area contributed by atoms with Crippen LogP contribution in [0.1, 0.15) is 38.2 Å². The molecule has 0 unspecified atom stereocenters. The number of aliphatic hydroxyl groups is 1. The van der Waals surface area contributed by atoms with Crippen LogP contribution in [-0.4, -0.2) is 88.7 Å². The largest absolute Gasteiger partial charge is 0.417 e. The number of nitrogens with one attached hydrogen (secondary N) is 1. The molecule has 37 heavy (non-hydrogen) atoms. The van der Waals surface area contributed by atoms with E-state index in [1.165, 1.54) is 21.6 Å². The Morgan fingerprint density at radius 1 is 1.22 bits per heavy atom. The molecule has 13 heteroatoms. The summed E-state index contributed by atoms with van der Waals surface area (Å²) in [6.07, 6.45) is -4.77. The van der Waals surface area contributed by atoms with Gasteiger partial charge in [0.05, 0.1) is 16.7 Å². The zero-order chi connectivity index (χ0) is 27.1. The van der Waals surface area contributed by atoms with E-state index in [2.05, 4.69) is 5.32 Å². The molecule has 0 aromatic heterocycles. The molecule has 204 valence electrons. The minimum absolute atomic E-state index is 0.0135. The van der Waals surface area contributed by atoms with Crippen LogP contribution in [-0.2, 0) is 15.8 Å². The van der Waals surface area contributed by atoms with Gasteiger partial charge in [-0.3, -0.25) is 9.59 Å². The first-order chi connectivity index (χ1) is 17.3. The summed E-state index contributed by atoms with van der Waals surface area (Å²) >= 11 is 5.69. The highest BCUT2D eigenvalue weighted by molar-refractivity contribution is 6.31. The van der Waals surface area contributed by atoms with E-state index >= 15 is 0 Å². The monoisotopic (exact) mass is 548 g/mol. The lowest BCUT2D eigenvalue weighted by molar-refractivity contribution is -0.144. The van der Waals surface area contributed by atoms with E-state index in [0.29, 0.717) is 13.0 Å². The lowest BCUT2D eigenvalue weighted by Gasteiger charge is -2.39. The molecule has 8 nitrogen and oxygen atoms in total. The highest BCUT2D eigenvalue weighted by atomic mass is 35.5. The number of nitrogens with zero attached hydrogens (tertiary/aromatic N) is 3. The fourth-order valence-corrected chi connectivity index (χ4v) is 5.29. The van der Waals surface area contributed by atoms with E-state index < -0.39 is 52.9 Å². The molecule has 1 aromatic rings. The number of anilines is 1. The van der Waals surface area contributed by atoms with Crippen molar-refractivity contribution in [1.29, 1.82) is 0 Å². The quantitative estimate of drug-likeness (QED) is 0.551. The van der Waals surface area contributed by atoms with Crippen LogP contribution in [0.15, 0.2) is 18.2 Å². The highest BCUT2D eigenvalue weighted by Crippen LogP contribution is 2.53. The molecular formula is C24H29ClF4N4O4. The fraction of sp³-hybridized carbons (Fsp3) is 0.625. The van der Waals surface area contributed by atoms with Gasteiger partial charge < -0.3 is 25.1 Å². The Bertz CT molecular complexity index is 1070. The second-order valence-corrected chi connectivity index (χ2v) is 10.4. The van der Waals surface area contributed by atoms with Crippen molar-refractivity contribution in [2.75, 3.05) is 38.0 Å². The molecule has 4 rings (SSSR count). The number of piperazine rings is 1. The minimum atomic E-state index is -4.63. The number of carbonyl (C=O) groups is 3. The molecule has 1 saturated carbocycles. The van der Waals surface area contributed by atoms with Crippen molar-refractivity contribution in [2.45, 2.75) is 57.1 Å². The SMILES string of the molecule is C[C@H]1C(=O)N(CC[C@H](F)C(=O)N2CCC3(CC3)[C@H](O)C2)CCN1C(=O)Nc1ccc(C(F)(F)F)c(Cl)c1. The number of likely N-dealkylation sites (tertiary alicyclic amines) is 1. The third kappa shape index (κ3) is 5.79. The van der Waals surface area contributed by atoms with Gasteiger partial charge in [0.2, 0.25) is 5.91 Å². The second kappa shape index (κ2) is 10.3. The van der Waals surface area contributed by atoms with Gasteiger partial charge in [0, 0.05) is 44.8 Å². The minimum Gasteiger partial charge on any atom is -0.391 e. The van der Waals surface area contributed by atoms with E-state index in [-0.39, 0.29) is 43.7 Å². The Hall–Kier alpha value is -2.60. The first kappa shape index (κ1) is 27.4. The Kier molecular flexibility index (Phi) is 7.62. The van der Waals surface area contributed by atoms with Crippen LogP contribution in [0, 0.1) is 5.41 Å². The van der Waals surface area contributed by atoms with Gasteiger partial charge >= 0.3 is 12.2 Å². The van der Waals surface area contributed by atoms with Gasteiger partial charge in [-0.15, -0.1) is 0 Å². The van der Waals surface area contributed by atoms with Crippen LogP contribution in [0.3, 0.4) is 0 Å². The third-order valence-electron chi connectivity index (χ3n) is 7.64. The van der Waals surface area contributed by atoms with Gasteiger partial charge in [-0.05, 0) is 49.8 Å². The normalized spacial score (nSPS) is 24.3. The molecule has 2 N–H and O–H groups in total. The van der Waals surface area contributed by atoms with Gasteiger partial charge in [0.15, 0.2) is 6.17 Å². The van der Waals surface area contributed by atoms with Crippen LogP contribution in [0.2, 0.25) is 5.02 Å². The van der Waals surface area contributed by atoms with Gasteiger partial charge in [-0.25, -0.2) is 9.18 Å². The smallest absolute Gasteiger partial charge is 0.391 e. The molecule has 2 aliphatic heterocycles. The van der Waals surface area contributed by atoms with Crippen molar-refractivity contribution < 1.29 is 37.1 Å². The number of carbonyl (C=O) groups excluding carboxylic acids is 3. The maximum atomic E-state index is 14.7. The van der Waals surface area contributed by atoms with E-state index in [1.807, 2.05) is 0 Å². The molecule has 1 aromatic carbocycles. The molecule has 3 fully saturated rings. The molecule has 2 heterocycles. The van der Waals surface area contributed by atoms with Crippen molar-refractivity contribution in [3.8, 4) is 0 Å². The van der Waals surface area contributed by atoms with Crippen molar-refractivity contribution in [2.24, 2.45) is 5.41 Å². The maximum Gasteiger partial charge on any atom is 0.417 e. The Morgan fingerprint density at radius 2 is 1.92 bits per heavy atom. The van der Waals surface area contributed by atoms with Gasteiger partial charge in [-0.2, -0.15) is 13.2 Å². The Balaban J connectivity index is 1.27. The van der Waals surface area contributed by atoms with Crippen molar-refractivity contribution in [1.82, 2.24) is 14.7 Å². The Labute approximate surface area is 216 Å². The first-order valence-corrected chi connectivity index (χ1v) is 12.5. The van der Waals surface area contributed by atoms with Crippen LogP contribution in [0.5, 0.6) is 0 Å². The molecule has 1 aliphatic carbocycles. The predicted molar refractivity (Wildman–Crippen MR) is 127 cm³/mol. The molecule has 0 radical (unpaired) electrons. The van der Waals surface area contributed by atoms with Gasteiger partial charge in [-0.1, -0.05) is 11.6 Å². The summed E-state index contributed by atoms with van der Waals surface area (Å²) in [5.74, 6) is -1.13. The topological polar surface area (TPSA) is 93.2 Å². The van der Waals surface area contributed by atoms with Crippen LogP contribution in [0.4, 0.5) is 28.0 Å². The van der Waals surface area contributed by atoms with E-state index in [9.17, 15) is 37.1 Å². The van der Waals surface area contributed by atoms with E-state index in [1.54, 1.807) is 0 Å². The van der Waals surface area contributed by atoms with Crippen molar-refractivity contribution in [3.05, 3.63) is 28.8 Å². The molecule has 2 saturated heterocycles. The number of halogens is 5. The van der Waals surface area contributed by atoms with Crippen LogP contribution in [0.25, 0.3) is 0 Å². The molecule has 3 atom stereocenters. The predicted octanol–water partition coefficient (Wildman–Crippen LogP) is 3.53. The lowest BCUT2D eigenvalue weighted by atomic mass is 9.90. The van der Waals surface area contributed by atoms with Crippen molar-refractivity contribution in [3.63, 3.8) is 0 Å². The number of piperidine rings is 1. The van der Waals surface area contributed by atoms with Crippen LogP contribution < -0.4 is 5.32 Å². The molecular weight excluding hydrogens is 520 g/mol. The molecule has 4 amide bonds. The lowest BCUT2D eigenvalue weighted by Crippen LogP contribution is -2.58. The fourth-order valence-electron chi connectivity index (χ4n) is 5.00. The molecule has 1 spiro atoms. The standard InChI is InChI=1S/C24H29ClF4N4O4/c1-14-20(35)31(8-4-18(26)21(36)32-9-7-23(5-6-23)19(34)13-32)10-11-33(14)22(37)30-15-2-3-16(17(25)12-15)24(27,28)29/h2-3,12,14,18-19,34H,4-11,13H2,1H3,(H,30,37)/t14-,18-,19+/m0/s1. The maximum absolute atomic E-state index is 14.7. The zero-order valence-corrected chi connectivity index (χ0v) is 21.0. The number of hydrogen-bond acceptors (Lipinski definition) is 4. The summed E-state index contributed by atoms with van der Waals surface area (Å²) in [4.78, 5) is 42.0. The molecule has 0 bridgehead atoms. The number of alkyl halides is 4. The van der Waals surface area contributed by atoms with Crippen LogP contribution >= 0.6 is 11.6 Å². The summed E-state index contributed by atoms with van der Waals surface area (Å²) in [6.45, 7) is 2.22. The summed E-state index contributed by atoms with van der Waals surface area (Å²) in [6, 6.07) is 1.22. The third-order valence-corrected chi connectivity index (χ3v) is 7.95. The van der Waals surface area contributed by atoms with Crippen molar-refractivity contribution >= 4 is 35.1 Å². The average molecular weight is 549 g/mol. The van der Waals surface area contributed by atoms with Gasteiger partial charge in [0.1, 0.15) is 6.04 Å². The summed E-state index contributed by atoms with van der Waals surface area (Å²) in [5, 5.41) is 12.1. The average Bonchev–Trinajstić information content (AvgIpc) is 3.61. The number of hydrogen-bond donors (Lipinski definition) is 2. The molecule has 3 aliphatic rings. The summed E-state index contributed by atoms with van der Waals surface area (Å²) in [7, 11) is 0. The zero-order valence-electron chi connectivity index (χ0n) is 20.2. The van der Waals surface area contributed by atoms with Gasteiger partial charge in [0.25, 0.3) is 5.91 Å². The highest BCUT2D eigenvalue weighted by Gasteiger charge is 2.52. The summed E-state index contributed by atoms with van der Waals surface area (Å²) in [5.41, 5.74) is -1.09. The van der Waals surface area contributed by atoms with E-state index in [0.717, 1.165) is 31.0 Å². The number of urea groups is 1. The summed E-state index contributed by atoms with van der Waals surface area (Å²) < 4.78 is 53.4. The number of β-amino-alcohol motifs (C(OH)–C–C–N with tert-alkyl or cyclic N) is 1. The Morgan fingerprint density at radius 3 is 2.51 bits per heavy atom. The number of amides is 4. The van der Waals surface area contributed by atoms with E-state index in [4.69, 9.17) is 11.6 Å². The second-order valence-electron chi connectivity index (χ2n) is 9.99. The number of aliphatic hydroxyl groups excluding tert-OH is 1. The first-order valence-electron chi connectivity index (χ1n) is 12.2. The number of rotatable bonds is 5. The number of benzene rings is 1.